The fraction of sp³-hybridized carbons (Fsp3) is 0.650. The van der Waals surface area contributed by atoms with Crippen molar-refractivity contribution in [3.8, 4) is 0 Å². The maximum Gasteiger partial charge on any atom is 0.406 e. The van der Waals surface area contributed by atoms with Crippen LogP contribution in [0.5, 0.6) is 0 Å². The maximum atomic E-state index is 11.0. The monoisotopic (exact) mass is 379 g/mol. The van der Waals surface area contributed by atoms with E-state index in [9.17, 15) is 4.79 Å². The van der Waals surface area contributed by atoms with Crippen LogP contribution in [0.25, 0.3) is 0 Å². The number of benzene rings is 1. The van der Waals surface area contributed by atoms with E-state index in [0.29, 0.717) is 6.54 Å². The molecule has 0 saturated carbocycles. The second kappa shape index (κ2) is 12.1. The Balaban J connectivity index is 1.65. The first kappa shape index (κ1) is 20.9. The quantitative estimate of drug-likeness (QED) is 0.494. The molecule has 0 bridgehead atoms. The Morgan fingerprint density at radius 3 is 2.65 bits per heavy atom. The molecule has 1 fully saturated rings. The van der Waals surface area contributed by atoms with Gasteiger partial charge in [-0.05, 0) is 43.7 Å². The lowest BCUT2D eigenvalue weighted by molar-refractivity contribution is 0.170. The Hall–Kier alpha value is -1.40. The Morgan fingerprint density at radius 1 is 1.15 bits per heavy atom. The molecule has 5 nitrogen and oxygen atoms in total. The van der Waals surface area contributed by atoms with Gasteiger partial charge in [0.2, 0.25) is 0 Å². The van der Waals surface area contributed by atoms with E-state index < -0.39 is 0 Å². The first-order valence-electron chi connectivity index (χ1n) is 9.75. The minimum atomic E-state index is -0.335. The third kappa shape index (κ3) is 7.08. The Kier molecular flexibility index (Phi) is 9.71. The number of nitrogens with zero attached hydrogens (tertiary/aromatic N) is 2. The fourth-order valence-corrected chi connectivity index (χ4v) is 4.11. The number of amides is 1. The number of carbonyl (C=O) groups is 1. The highest BCUT2D eigenvalue weighted by Crippen LogP contribution is 2.31. The number of anilines is 1. The van der Waals surface area contributed by atoms with Crippen LogP contribution in [0.1, 0.15) is 32.6 Å². The van der Waals surface area contributed by atoms with E-state index in [1.807, 2.05) is 11.8 Å². The molecule has 1 aromatic carbocycles. The number of piperazine rings is 1. The van der Waals surface area contributed by atoms with E-state index in [1.54, 1.807) is 0 Å². The van der Waals surface area contributed by atoms with Gasteiger partial charge in [0.15, 0.2) is 0 Å². The molecule has 1 saturated heterocycles. The zero-order valence-corrected chi connectivity index (χ0v) is 17.0. The van der Waals surface area contributed by atoms with Crippen molar-refractivity contribution in [1.82, 2.24) is 10.2 Å². The molecule has 0 aromatic heterocycles. The summed E-state index contributed by atoms with van der Waals surface area (Å²) in [6.07, 6.45) is 4.21. The first-order valence-corrected chi connectivity index (χ1v) is 10.7. The lowest BCUT2D eigenvalue weighted by atomic mass is 10.2. The molecule has 26 heavy (non-hydrogen) atoms. The number of ether oxygens (including phenoxy) is 1. The Labute approximate surface area is 162 Å². The lowest BCUT2D eigenvalue weighted by Gasteiger charge is -2.37. The minimum Gasteiger partial charge on any atom is -0.453 e. The molecular formula is C20H33N3O2S. The highest BCUT2D eigenvalue weighted by atomic mass is 32.2. The van der Waals surface area contributed by atoms with Gasteiger partial charge in [0.1, 0.15) is 0 Å². The number of unbranched alkanes of at least 4 members (excludes halogenated alkanes) is 2. The standard InChI is InChI=1S/C20H33N3O2S/c1-3-17-26-19-10-6-5-9-18(19)23-15-13-22(14-16-23)12-8-4-7-11-21-20(24)25-2/h5-6,9-10H,3-4,7-8,11-17H2,1-2H3,(H,21,24). The van der Waals surface area contributed by atoms with E-state index in [4.69, 9.17) is 0 Å². The van der Waals surface area contributed by atoms with Crippen LogP contribution in [0, 0.1) is 0 Å². The highest BCUT2D eigenvalue weighted by molar-refractivity contribution is 7.99. The lowest BCUT2D eigenvalue weighted by Crippen LogP contribution is -2.46. The van der Waals surface area contributed by atoms with E-state index in [2.05, 4.69) is 51.0 Å². The number of alkyl carbamates (subject to hydrolysis) is 1. The van der Waals surface area contributed by atoms with Crippen LogP contribution < -0.4 is 10.2 Å². The van der Waals surface area contributed by atoms with Crippen molar-refractivity contribution in [3.05, 3.63) is 24.3 Å². The van der Waals surface area contributed by atoms with Gasteiger partial charge in [0.25, 0.3) is 0 Å². The fourth-order valence-electron chi connectivity index (χ4n) is 3.16. The number of carbonyl (C=O) groups excluding carboxylic acids is 1. The molecule has 0 unspecified atom stereocenters. The van der Waals surface area contributed by atoms with Gasteiger partial charge in [0, 0.05) is 37.6 Å². The average molecular weight is 380 g/mol. The van der Waals surface area contributed by atoms with Crippen LogP contribution in [0.15, 0.2) is 29.2 Å². The minimum absolute atomic E-state index is 0.335. The van der Waals surface area contributed by atoms with Crippen LogP contribution in [-0.2, 0) is 4.74 Å². The molecule has 0 aliphatic carbocycles. The van der Waals surface area contributed by atoms with Crippen molar-refractivity contribution in [2.75, 3.05) is 57.0 Å². The maximum absolute atomic E-state index is 11.0. The van der Waals surface area contributed by atoms with Crippen LogP contribution in [0.2, 0.25) is 0 Å². The van der Waals surface area contributed by atoms with Crippen LogP contribution in [-0.4, -0.2) is 63.1 Å². The summed E-state index contributed by atoms with van der Waals surface area (Å²) >= 11 is 1.97. The zero-order valence-electron chi connectivity index (χ0n) is 16.2. The molecule has 6 heteroatoms. The van der Waals surface area contributed by atoms with Gasteiger partial charge in [-0.3, -0.25) is 4.90 Å². The van der Waals surface area contributed by atoms with Crippen molar-refractivity contribution in [2.45, 2.75) is 37.5 Å². The number of rotatable bonds is 10. The number of methoxy groups -OCH3 is 1. The smallest absolute Gasteiger partial charge is 0.406 e. The number of hydrogen-bond donors (Lipinski definition) is 1. The summed E-state index contributed by atoms with van der Waals surface area (Å²) in [5.74, 6) is 1.18. The van der Waals surface area contributed by atoms with E-state index in [-0.39, 0.29) is 6.09 Å². The van der Waals surface area contributed by atoms with E-state index in [1.165, 1.54) is 36.3 Å². The Bertz CT molecular complexity index is 534. The summed E-state index contributed by atoms with van der Waals surface area (Å²) in [6.45, 7) is 8.56. The average Bonchev–Trinajstić information content (AvgIpc) is 2.69. The van der Waals surface area contributed by atoms with Crippen LogP contribution >= 0.6 is 11.8 Å². The molecule has 1 aliphatic rings. The normalized spacial score (nSPS) is 15.1. The van der Waals surface area contributed by atoms with Crippen molar-refractivity contribution in [3.63, 3.8) is 0 Å². The summed E-state index contributed by atoms with van der Waals surface area (Å²) in [5, 5.41) is 2.73. The SMILES string of the molecule is CCCSc1ccccc1N1CCN(CCCCCNC(=O)OC)CC1. The molecular weight excluding hydrogens is 346 g/mol. The summed E-state index contributed by atoms with van der Waals surface area (Å²) in [5.41, 5.74) is 1.40. The number of thioether (sulfide) groups is 1. The van der Waals surface area contributed by atoms with Gasteiger partial charge in [-0.15, -0.1) is 11.8 Å². The van der Waals surface area contributed by atoms with E-state index >= 15 is 0 Å². The molecule has 0 atom stereocenters. The van der Waals surface area contributed by atoms with Crippen molar-refractivity contribution < 1.29 is 9.53 Å². The van der Waals surface area contributed by atoms with Gasteiger partial charge in [-0.25, -0.2) is 4.79 Å². The van der Waals surface area contributed by atoms with Gasteiger partial charge in [-0.1, -0.05) is 25.5 Å². The molecule has 0 radical (unpaired) electrons. The molecule has 2 rings (SSSR count). The van der Waals surface area contributed by atoms with Gasteiger partial charge >= 0.3 is 6.09 Å². The number of hydrogen-bond acceptors (Lipinski definition) is 5. The predicted molar refractivity (Wildman–Crippen MR) is 110 cm³/mol. The third-order valence-electron chi connectivity index (χ3n) is 4.65. The number of nitrogens with one attached hydrogen (secondary N) is 1. The second-order valence-electron chi connectivity index (χ2n) is 6.62. The molecule has 1 aromatic rings. The third-order valence-corrected chi connectivity index (χ3v) is 5.91. The van der Waals surface area contributed by atoms with Crippen molar-refractivity contribution in [1.29, 1.82) is 0 Å². The van der Waals surface area contributed by atoms with Crippen molar-refractivity contribution >= 4 is 23.5 Å². The van der Waals surface area contributed by atoms with Crippen LogP contribution in [0.3, 0.4) is 0 Å². The first-order chi connectivity index (χ1) is 12.7. The topological polar surface area (TPSA) is 44.8 Å². The molecule has 146 valence electrons. The number of para-hydroxylation sites is 1. The van der Waals surface area contributed by atoms with Crippen LogP contribution in [0.4, 0.5) is 10.5 Å². The van der Waals surface area contributed by atoms with Gasteiger partial charge in [0.05, 0.1) is 12.8 Å². The Morgan fingerprint density at radius 2 is 1.92 bits per heavy atom. The zero-order chi connectivity index (χ0) is 18.6. The molecule has 1 N–H and O–H groups in total. The molecule has 1 amide bonds. The second-order valence-corrected chi connectivity index (χ2v) is 7.76. The van der Waals surface area contributed by atoms with E-state index in [0.717, 1.165) is 45.6 Å². The summed E-state index contributed by atoms with van der Waals surface area (Å²) in [7, 11) is 1.40. The summed E-state index contributed by atoms with van der Waals surface area (Å²) in [6, 6.07) is 8.82. The molecule has 1 heterocycles. The predicted octanol–water partition coefficient (Wildman–Crippen LogP) is 3.84. The van der Waals surface area contributed by atoms with Crippen molar-refractivity contribution in [2.24, 2.45) is 0 Å². The molecule has 0 spiro atoms. The van der Waals surface area contributed by atoms with Gasteiger partial charge in [-0.2, -0.15) is 0 Å². The summed E-state index contributed by atoms with van der Waals surface area (Å²) in [4.78, 5) is 17.5. The summed E-state index contributed by atoms with van der Waals surface area (Å²) < 4.78 is 4.56. The molecule has 1 aliphatic heterocycles. The van der Waals surface area contributed by atoms with Gasteiger partial charge < -0.3 is 15.0 Å². The largest absolute Gasteiger partial charge is 0.453 e. The highest BCUT2D eigenvalue weighted by Gasteiger charge is 2.18.